The molecule has 0 spiro atoms. The number of carboxylic acids is 1. The fraction of sp³-hybridized carbons (Fsp3) is 0.615. The molecule has 0 bridgehead atoms. The number of nitrogens with zero attached hydrogens (tertiary/aromatic N) is 2. The number of piperidine rings is 1. The molecule has 1 fully saturated rings. The number of hydrogen-bond donors (Lipinski definition) is 1. The average molecular weight is 300 g/mol. The Morgan fingerprint density at radius 3 is 2.40 bits per heavy atom. The Bertz CT molecular complexity index is 598. The molecule has 0 radical (unpaired) electrons. The molecule has 1 aliphatic heterocycles. The second-order valence-electron chi connectivity index (χ2n) is 5.36. The number of rotatable bonds is 4. The van der Waals surface area contributed by atoms with Gasteiger partial charge in [-0.25, -0.2) is 8.42 Å². The average Bonchev–Trinajstić information content (AvgIpc) is 2.86. The summed E-state index contributed by atoms with van der Waals surface area (Å²) in [6, 6.07) is 1.56. The van der Waals surface area contributed by atoms with Crippen LogP contribution in [-0.4, -0.2) is 41.5 Å². The molecule has 1 N–H and O–H groups in total. The van der Waals surface area contributed by atoms with Crippen molar-refractivity contribution in [3.05, 3.63) is 18.5 Å². The van der Waals surface area contributed by atoms with Crippen molar-refractivity contribution in [3.63, 3.8) is 0 Å². The number of carbonyl (C=O) groups is 1. The first-order valence-corrected chi connectivity index (χ1v) is 8.11. The van der Waals surface area contributed by atoms with Crippen molar-refractivity contribution in [2.24, 2.45) is 12.5 Å². The van der Waals surface area contributed by atoms with Crippen LogP contribution in [0.3, 0.4) is 0 Å². The quantitative estimate of drug-likeness (QED) is 0.908. The largest absolute Gasteiger partial charge is 0.481 e. The van der Waals surface area contributed by atoms with Crippen LogP contribution < -0.4 is 0 Å². The Morgan fingerprint density at radius 2 is 2.00 bits per heavy atom. The van der Waals surface area contributed by atoms with Crippen molar-refractivity contribution in [3.8, 4) is 0 Å². The van der Waals surface area contributed by atoms with Crippen LogP contribution in [0.5, 0.6) is 0 Å². The fourth-order valence-corrected chi connectivity index (χ4v) is 4.15. The van der Waals surface area contributed by atoms with E-state index in [0.29, 0.717) is 19.3 Å². The first-order valence-electron chi connectivity index (χ1n) is 6.67. The van der Waals surface area contributed by atoms with Crippen molar-refractivity contribution >= 4 is 16.0 Å². The third-order valence-corrected chi connectivity index (χ3v) is 6.13. The van der Waals surface area contributed by atoms with E-state index < -0.39 is 21.4 Å². The summed E-state index contributed by atoms with van der Waals surface area (Å²) in [7, 11) is -1.74. The van der Waals surface area contributed by atoms with Gasteiger partial charge >= 0.3 is 5.97 Å². The summed E-state index contributed by atoms with van der Waals surface area (Å²) in [6.07, 6.45) is 4.51. The Morgan fingerprint density at radius 1 is 1.40 bits per heavy atom. The highest BCUT2D eigenvalue weighted by atomic mass is 32.2. The van der Waals surface area contributed by atoms with E-state index in [2.05, 4.69) is 0 Å². The third kappa shape index (κ3) is 2.47. The molecule has 2 heterocycles. The van der Waals surface area contributed by atoms with Crippen LogP contribution in [0.25, 0.3) is 0 Å². The van der Waals surface area contributed by atoms with Gasteiger partial charge in [0.1, 0.15) is 0 Å². The van der Waals surface area contributed by atoms with E-state index in [4.69, 9.17) is 0 Å². The molecule has 0 aromatic carbocycles. The van der Waals surface area contributed by atoms with Crippen LogP contribution in [0.15, 0.2) is 23.4 Å². The van der Waals surface area contributed by atoms with Gasteiger partial charge in [0.05, 0.1) is 10.3 Å². The molecule has 112 valence electrons. The van der Waals surface area contributed by atoms with Gasteiger partial charge in [0.15, 0.2) is 0 Å². The molecule has 0 aliphatic carbocycles. The lowest BCUT2D eigenvalue weighted by Gasteiger charge is -2.37. The standard InChI is InChI=1S/C13H20N2O4S/c1-3-13(12(16)17)5-8-15(9-6-13)20(18,19)11-4-7-14(2)10-11/h4,7,10H,3,5-6,8-9H2,1-2H3,(H,16,17). The van der Waals surface area contributed by atoms with Gasteiger partial charge < -0.3 is 9.67 Å². The molecule has 1 aromatic rings. The van der Waals surface area contributed by atoms with Crippen LogP contribution in [0.2, 0.25) is 0 Å². The van der Waals surface area contributed by atoms with E-state index in [1.54, 1.807) is 30.1 Å². The lowest BCUT2D eigenvalue weighted by Crippen LogP contribution is -2.46. The number of aryl methyl sites for hydroxylation is 1. The van der Waals surface area contributed by atoms with Crippen LogP contribution >= 0.6 is 0 Å². The SMILES string of the molecule is CCC1(C(=O)O)CCN(S(=O)(=O)c2ccn(C)c2)CC1. The number of aliphatic carboxylic acids is 1. The minimum Gasteiger partial charge on any atom is -0.481 e. The van der Waals surface area contributed by atoms with Crippen molar-refractivity contribution in [2.45, 2.75) is 31.1 Å². The normalized spacial score (nSPS) is 19.9. The maximum Gasteiger partial charge on any atom is 0.309 e. The highest BCUT2D eigenvalue weighted by molar-refractivity contribution is 7.89. The van der Waals surface area contributed by atoms with Gasteiger partial charge in [-0.1, -0.05) is 6.92 Å². The van der Waals surface area contributed by atoms with Crippen LogP contribution in [-0.2, 0) is 21.9 Å². The Labute approximate surface area is 119 Å². The smallest absolute Gasteiger partial charge is 0.309 e. The number of carboxylic acid groups (broad SMARTS) is 1. The zero-order valence-corrected chi connectivity index (χ0v) is 12.6. The van der Waals surface area contributed by atoms with Crippen LogP contribution in [0.4, 0.5) is 0 Å². The lowest BCUT2D eigenvalue weighted by molar-refractivity contribution is -0.151. The topological polar surface area (TPSA) is 79.6 Å². The van der Waals surface area contributed by atoms with Gasteiger partial charge in [-0.3, -0.25) is 4.79 Å². The van der Waals surface area contributed by atoms with E-state index in [-0.39, 0.29) is 18.0 Å². The molecule has 0 amide bonds. The monoisotopic (exact) mass is 300 g/mol. The predicted molar refractivity (Wildman–Crippen MR) is 73.8 cm³/mol. The van der Waals surface area contributed by atoms with Crippen molar-refractivity contribution in [1.82, 2.24) is 8.87 Å². The van der Waals surface area contributed by atoms with E-state index in [1.165, 1.54) is 4.31 Å². The Balaban J connectivity index is 2.16. The van der Waals surface area contributed by atoms with E-state index in [9.17, 15) is 18.3 Å². The van der Waals surface area contributed by atoms with Gasteiger partial charge in [-0.2, -0.15) is 4.31 Å². The summed E-state index contributed by atoms with van der Waals surface area (Å²) >= 11 is 0. The first-order chi connectivity index (χ1) is 9.32. The molecule has 1 saturated heterocycles. The Hall–Kier alpha value is -1.34. The van der Waals surface area contributed by atoms with Crippen LogP contribution in [0.1, 0.15) is 26.2 Å². The molecule has 1 aromatic heterocycles. The van der Waals surface area contributed by atoms with Gasteiger partial charge in [-0.15, -0.1) is 0 Å². The van der Waals surface area contributed by atoms with E-state index >= 15 is 0 Å². The molecule has 7 heteroatoms. The third-order valence-electron chi connectivity index (χ3n) is 4.25. The molecule has 0 saturated carbocycles. The van der Waals surface area contributed by atoms with Crippen molar-refractivity contribution in [1.29, 1.82) is 0 Å². The molecular formula is C13H20N2O4S. The molecule has 0 unspecified atom stereocenters. The fourth-order valence-electron chi connectivity index (χ4n) is 2.65. The first kappa shape index (κ1) is 15.1. The highest BCUT2D eigenvalue weighted by Gasteiger charge is 2.42. The molecule has 2 rings (SSSR count). The van der Waals surface area contributed by atoms with Crippen molar-refractivity contribution in [2.75, 3.05) is 13.1 Å². The molecule has 20 heavy (non-hydrogen) atoms. The molecule has 1 aliphatic rings. The zero-order chi connectivity index (χ0) is 15.0. The molecule has 6 nitrogen and oxygen atoms in total. The predicted octanol–water partition coefficient (Wildman–Crippen LogP) is 1.29. The Kier molecular flexibility index (Phi) is 3.93. The number of sulfonamides is 1. The summed E-state index contributed by atoms with van der Waals surface area (Å²) in [5.41, 5.74) is -0.775. The minimum atomic E-state index is -3.51. The summed E-state index contributed by atoms with van der Waals surface area (Å²) in [4.78, 5) is 11.6. The summed E-state index contributed by atoms with van der Waals surface area (Å²) in [5.74, 6) is -0.822. The van der Waals surface area contributed by atoms with E-state index in [1.807, 2.05) is 6.92 Å². The molecule has 0 atom stereocenters. The second kappa shape index (κ2) is 5.21. The highest BCUT2D eigenvalue weighted by Crippen LogP contribution is 2.36. The maximum absolute atomic E-state index is 12.4. The molecular weight excluding hydrogens is 280 g/mol. The summed E-state index contributed by atoms with van der Waals surface area (Å²) < 4.78 is 27.9. The van der Waals surface area contributed by atoms with Crippen molar-refractivity contribution < 1.29 is 18.3 Å². The van der Waals surface area contributed by atoms with E-state index in [0.717, 1.165) is 0 Å². The zero-order valence-electron chi connectivity index (χ0n) is 11.7. The minimum absolute atomic E-state index is 0.261. The summed E-state index contributed by atoms with van der Waals surface area (Å²) in [5, 5.41) is 9.33. The second-order valence-corrected chi connectivity index (χ2v) is 7.29. The van der Waals surface area contributed by atoms with Gasteiger partial charge in [0.25, 0.3) is 0 Å². The van der Waals surface area contributed by atoms with Crippen LogP contribution in [0, 0.1) is 5.41 Å². The van der Waals surface area contributed by atoms with Gasteiger partial charge in [-0.05, 0) is 25.3 Å². The maximum atomic E-state index is 12.4. The van der Waals surface area contributed by atoms with Gasteiger partial charge in [0.2, 0.25) is 10.0 Å². The summed E-state index contributed by atoms with van der Waals surface area (Å²) in [6.45, 7) is 2.37. The number of aromatic nitrogens is 1. The number of hydrogen-bond acceptors (Lipinski definition) is 3. The lowest BCUT2D eigenvalue weighted by atomic mass is 9.77. The van der Waals surface area contributed by atoms with Gasteiger partial charge in [0, 0.05) is 32.5 Å².